The molecule has 2 heterocycles. The van der Waals surface area contributed by atoms with Crippen molar-refractivity contribution >= 4 is 6.09 Å². The average Bonchev–Trinajstić information content (AvgIpc) is 2.36. The molecule has 0 aromatic rings. The monoisotopic (exact) mass is 223 g/mol. The molecule has 0 aromatic heterocycles. The second kappa shape index (κ2) is 3.79. The van der Waals surface area contributed by atoms with E-state index in [1.165, 1.54) is 5.57 Å². The largest absolute Gasteiger partial charge is 0.444 e. The number of hydrogen-bond acceptors (Lipinski definition) is 2. The van der Waals surface area contributed by atoms with Crippen LogP contribution in [0.1, 0.15) is 46.5 Å². The van der Waals surface area contributed by atoms with E-state index in [-0.39, 0.29) is 6.09 Å². The van der Waals surface area contributed by atoms with Crippen LogP contribution in [0.15, 0.2) is 12.2 Å². The Hall–Kier alpha value is -0.990. The van der Waals surface area contributed by atoms with Crippen LogP contribution in [-0.4, -0.2) is 28.7 Å². The van der Waals surface area contributed by atoms with Gasteiger partial charge in [0.25, 0.3) is 0 Å². The summed E-state index contributed by atoms with van der Waals surface area (Å²) in [6.07, 6.45) is 3.96. The Bertz CT molecular complexity index is 300. The minimum atomic E-state index is -0.398. The van der Waals surface area contributed by atoms with E-state index in [1.807, 2.05) is 25.7 Å². The van der Waals surface area contributed by atoms with E-state index in [1.54, 1.807) is 0 Å². The summed E-state index contributed by atoms with van der Waals surface area (Å²) in [6.45, 7) is 9.78. The Balaban J connectivity index is 2.06. The maximum atomic E-state index is 12.1. The highest BCUT2D eigenvalue weighted by molar-refractivity contribution is 5.70. The number of amides is 1. The Kier molecular flexibility index (Phi) is 2.72. The van der Waals surface area contributed by atoms with Crippen LogP contribution in [0.3, 0.4) is 0 Å². The number of carbonyl (C=O) groups excluding carboxylic acids is 1. The number of hydrogen-bond donors (Lipinski definition) is 0. The lowest BCUT2D eigenvalue weighted by Gasteiger charge is -2.36. The van der Waals surface area contributed by atoms with Crippen LogP contribution >= 0.6 is 0 Å². The van der Waals surface area contributed by atoms with Gasteiger partial charge in [0.1, 0.15) is 5.60 Å². The number of nitrogens with zero attached hydrogens (tertiary/aromatic N) is 1. The SMILES string of the molecule is C=C1C[C@@H]2CC[C@@H](C1)N2C(=O)OC(C)(C)C. The second-order valence-electron chi connectivity index (χ2n) is 5.93. The standard InChI is InChI=1S/C13H21NO2/c1-9-7-10-5-6-11(8-9)14(10)12(15)16-13(2,3)4/h10-11H,1,5-8H2,2-4H3/t10-,11-/m0/s1. The predicted octanol–water partition coefficient (Wildman–Crippen LogP) is 3.10. The van der Waals surface area contributed by atoms with Crippen LogP contribution < -0.4 is 0 Å². The molecule has 2 aliphatic rings. The predicted molar refractivity (Wildman–Crippen MR) is 63.3 cm³/mol. The van der Waals surface area contributed by atoms with Crippen molar-refractivity contribution < 1.29 is 9.53 Å². The molecule has 3 heteroatoms. The molecule has 0 radical (unpaired) electrons. The van der Waals surface area contributed by atoms with Gasteiger partial charge in [0.05, 0.1) is 0 Å². The van der Waals surface area contributed by atoms with Crippen LogP contribution in [0, 0.1) is 0 Å². The summed E-state index contributed by atoms with van der Waals surface area (Å²) < 4.78 is 5.45. The van der Waals surface area contributed by atoms with Crippen molar-refractivity contribution in [3.63, 3.8) is 0 Å². The topological polar surface area (TPSA) is 29.5 Å². The van der Waals surface area contributed by atoms with Gasteiger partial charge in [-0.2, -0.15) is 0 Å². The molecule has 0 spiro atoms. The van der Waals surface area contributed by atoms with E-state index >= 15 is 0 Å². The molecular formula is C13H21NO2. The van der Waals surface area contributed by atoms with Gasteiger partial charge in [-0.3, -0.25) is 0 Å². The van der Waals surface area contributed by atoms with E-state index in [2.05, 4.69) is 6.58 Å². The normalized spacial score (nSPS) is 29.4. The summed E-state index contributed by atoms with van der Waals surface area (Å²) in [7, 11) is 0. The van der Waals surface area contributed by atoms with Gasteiger partial charge >= 0.3 is 6.09 Å². The van der Waals surface area contributed by atoms with Crippen molar-refractivity contribution in [1.82, 2.24) is 4.90 Å². The quantitative estimate of drug-likeness (QED) is 0.590. The lowest BCUT2D eigenvalue weighted by Crippen LogP contribution is -2.46. The van der Waals surface area contributed by atoms with Crippen molar-refractivity contribution in [3.8, 4) is 0 Å². The van der Waals surface area contributed by atoms with Crippen molar-refractivity contribution in [2.75, 3.05) is 0 Å². The molecule has 0 saturated carbocycles. The minimum Gasteiger partial charge on any atom is -0.444 e. The Morgan fingerprint density at radius 3 is 2.25 bits per heavy atom. The number of rotatable bonds is 0. The smallest absolute Gasteiger partial charge is 0.410 e. The van der Waals surface area contributed by atoms with Crippen molar-refractivity contribution in [1.29, 1.82) is 0 Å². The van der Waals surface area contributed by atoms with Crippen LogP contribution in [0.25, 0.3) is 0 Å². The summed E-state index contributed by atoms with van der Waals surface area (Å²) in [4.78, 5) is 14.0. The molecule has 90 valence electrons. The van der Waals surface area contributed by atoms with Gasteiger partial charge < -0.3 is 9.64 Å². The molecule has 2 rings (SSSR count). The zero-order valence-electron chi connectivity index (χ0n) is 10.5. The molecular weight excluding hydrogens is 202 g/mol. The lowest BCUT2D eigenvalue weighted by molar-refractivity contribution is 0.0115. The summed E-state index contributed by atoms with van der Waals surface area (Å²) in [5, 5.41) is 0. The highest BCUT2D eigenvalue weighted by atomic mass is 16.6. The molecule has 2 fully saturated rings. The van der Waals surface area contributed by atoms with Crippen molar-refractivity contribution in [2.24, 2.45) is 0 Å². The highest BCUT2D eigenvalue weighted by Gasteiger charge is 2.42. The molecule has 0 N–H and O–H groups in total. The van der Waals surface area contributed by atoms with E-state index < -0.39 is 5.60 Å². The fraction of sp³-hybridized carbons (Fsp3) is 0.769. The molecule has 0 aliphatic carbocycles. The zero-order valence-corrected chi connectivity index (χ0v) is 10.5. The molecule has 0 aromatic carbocycles. The van der Waals surface area contributed by atoms with E-state index in [9.17, 15) is 4.79 Å². The van der Waals surface area contributed by atoms with Gasteiger partial charge in [-0.1, -0.05) is 12.2 Å². The second-order valence-corrected chi connectivity index (χ2v) is 5.93. The molecule has 16 heavy (non-hydrogen) atoms. The molecule has 0 unspecified atom stereocenters. The fourth-order valence-electron chi connectivity index (χ4n) is 2.72. The lowest BCUT2D eigenvalue weighted by atomic mass is 9.99. The first-order valence-electron chi connectivity index (χ1n) is 6.05. The van der Waals surface area contributed by atoms with E-state index in [0.29, 0.717) is 12.1 Å². The van der Waals surface area contributed by atoms with Gasteiger partial charge in [0.2, 0.25) is 0 Å². The molecule has 3 nitrogen and oxygen atoms in total. The maximum absolute atomic E-state index is 12.1. The maximum Gasteiger partial charge on any atom is 0.410 e. The molecule has 1 amide bonds. The van der Waals surface area contributed by atoms with E-state index in [0.717, 1.165) is 25.7 Å². The molecule has 2 aliphatic heterocycles. The Labute approximate surface area is 97.5 Å². The molecule has 2 saturated heterocycles. The van der Waals surface area contributed by atoms with Crippen LogP contribution in [0.4, 0.5) is 4.79 Å². The third-order valence-corrected chi connectivity index (χ3v) is 3.27. The zero-order chi connectivity index (χ0) is 11.9. The molecule has 2 bridgehead atoms. The third-order valence-electron chi connectivity index (χ3n) is 3.27. The van der Waals surface area contributed by atoms with Crippen molar-refractivity contribution in [2.45, 2.75) is 64.1 Å². The summed E-state index contributed by atoms with van der Waals surface area (Å²) in [6, 6.07) is 0.669. The Morgan fingerprint density at radius 2 is 1.81 bits per heavy atom. The van der Waals surface area contributed by atoms with Crippen LogP contribution in [-0.2, 0) is 4.74 Å². The summed E-state index contributed by atoms with van der Waals surface area (Å²) in [5.74, 6) is 0. The van der Waals surface area contributed by atoms with Gasteiger partial charge in [-0.15, -0.1) is 0 Å². The first-order chi connectivity index (χ1) is 7.37. The summed E-state index contributed by atoms with van der Waals surface area (Å²) >= 11 is 0. The number of piperidine rings is 1. The first-order valence-corrected chi connectivity index (χ1v) is 6.05. The van der Waals surface area contributed by atoms with Crippen molar-refractivity contribution in [3.05, 3.63) is 12.2 Å². The number of carbonyl (C=O) groups is 1. The van der Waals surface area contributed by atoms with Gasteiger partial charge in [-0.05, 0) is 46.5 Å². The fourth-order valence-corrected chi connectivity index (χ4v) is 2.72. The number of fused-ring (bicyclic) bond motifs is 2. The van der Waals surface area contributed by atoms with Crippen LogP contribution in [0.2, 0.25) is 0 Å². The first kappa shape index (κ1) is 11.5. The minimum absolute atomic E-state index is 0.146. The molecule has 2 atom stereocenters. The van der Waals surface area contributed by atoms with Gasteiger partial charge in [-0.25, -0.2) is 4.79 Å². The van der Waals surface area contributed by atoms with Gasteiger partial charge in [0.15, 0.2) is 0 Å². The van der Waals surface area contributed by atoms with E-state index in [4.69, 9.17) is 4.74 Å². The number of ether oxygens (including phenoxy) is 1. The average molecular weight is 223 g/mol. The van der Waals surface area contributed by atoms with Crippen LogP contribution in [0.5, 0.6) is 0 Å². The van der Waals surface area contributed by atoms with Gasteiger partial charge in [0, 0.05) is 12.1 Å². The summed E-state index contributed by atoms with van der Waals surface area (Å²) in [5.41, 5.74) is 0.887. The third kappa shape index (κ3) is 2.23. The highest BCUT2D eigenvalue weighted by Crippen LogP contribution is 2.38. The Morgan fingerprint density at radius 1 is 1.31 bits per heavy atom.